The van der Waals surface area contributed by atoms with Crippen LogP contribution in [0.15, 0.2) is 28.1 Å². The largest absolute Gasteiger partial charge is 0.324 e. The van der Waals surface area contributed by atoms with E-state index in [0.717, 1.165) is 12.0 Å². The maximum Gasteiger partial charge on any atom is 0.266 e. The highest BCUT2D eigenvalue weighted by molar-refractivity contribution is 7.90. The van der Waals surface area contributed by atoms with Crippen molar-refractivity contribution in [3.8, 4) is 0 Å². The predicted molar refractivity (Wildman–Crippen MR) is 77.1 cm³/mol. The fourth-order valence-electron chi connectivity index (χ4n) is 1.85. The number of nitrogens with one attached hydrogen (secondary N) is 2. The molecule has 0 aliphatic carbocycles. The third-order valence-electron chi connectivity index (χ3n) is 2.94. The highest BCUT2D eigenvalue weighted by Gasteiger charge is 2.26. The zero-order valence-electron chi connectivity index (χ0n) is 11.4. The molecule has 0 atom stereocenters. The van der Waals surface area contributed by atoms with Crippen molar-refractivity contribution in [1.29, 1.82) is 0 Å². The van der Waals surface area contributed by atoms with Crippen molar-refractivity contribution in [2.24, 2.45) is 4.99 Å². The summed E-state index contributed by atoms with van der Waals surface area (Å²) in [6.45, 7) is 6.65. The Morgan fingerprint density at radius 1 is 1.32 bits per heavy atom. The van der Waals surface area contributed by atoms with Gasteiger partial charge < -0.3 is 5.32 Å². The van der Waals surface area contributed by atoms with Crippen LogP contribution in [-0.2, 0) is 10.0 Å². The molecule has 1 heterocycles. The van der Waals surface area contributed by atoms with E-state index in [9.17, 15) is 8.42 Å². The summed E-state index contributed by atoms with van der Waals surface area (Å²) in [5.74, 6) is 0.585. The summed E-state index contributed by atoms with van der Waals surface area (Å²) in [5, 5.41) is 3.01. The van der Waals surface area contributed by atoms with Crippen LogP contribution in [0.5, 0.6) is 0 Å². The van der Waals surface area contributed by atoms with Crippen molar-refractivity contribution in [2.75, 3.05) is 11.9 Å². The van der Waals surface area contributed by atoms with Gasteiger partial charge in [0.25, 0.3) is 10.0 Å². The third kappa shape index (κ3) is 2.89. The third-order valence-corrected chi connectivity index (χ3v) is 4.32. The number of hydrogen-bond donors (Lipinski definition) is 2. The molecule has 0 radical (unpaired) electrons. The Bertz CT molecular complexity index is 606. The van der Waals surface area contributed by atoms with Gasteiger partial charge in [0, 0.05) is 6.54 Å². The number of fused-ring (bicyclic) bond motifs is 1. The van der Waals surface area contributed by atoms with Crippen LogP contribution in [0.25, 0.3) is 0 Å². The number of aliphatic imine (C=N–C) groups is 1. The summed E-state index contributed by atoms with van der Waals surface area (Å²) < 4.78 is 26.8. The minimum absolute atomic E-state index is 0.286. The van der Waals surface area contributed by atoms with Crippen LogP contribution >= 0.6 is 0 Å². The zero-order valence-corrected chi connectivity index (χ0v) is 12.2. The van der Waals surface area contributed by atoms with E-state index in [2.05, 4.69) is 15.0 Å². The molecule has 0 amide bonds. The Morgan fingerprint density at radius 2 is 2.05 bits per heavy atom. The normalized spacial score (nSPS) is 18.8. The molecule has 0 unspecified atom stereocenters. The number of anilines is 1. The first-order valence-corrected chi connectivity index (χ1v) is 7.90. The van der Waals surface area contributed by atoms with Crippen LogP contribution in [0, 0.1) is 0 Å². The topological polar surface area (TPSA) is 70.6 Å². The first-order chi connectivity index (χ1) is 8.94. The highest BCUT2D eigenvalue weighted by Crippen LogP contribution is 2.28. The van der Waals surface area contributed by atoms with Gasteiger partial charge in [0.2, 0.25) is 5.96 Å². The maximum absolute atomic E-state index is 12.2. The van der Waals surface area contributed by atoms with Crippen LogP contribution in [0.3, 0.4) is 0 Å². The van der Waals surface area contributed by atoms with Crippen molar-refractivity contribution in [1.82, 2.24) is 4.72 Å². The van der Waals surface area contributed by atoms with E-state index < -0.39 is 10.0 Å². The Morgan fingerprint density at radius 3 is 2.68 bits per heavy atom. The molecule has 104 valence electrons. The van der Waals surface area contributed by atoms with Gasteiger partial charge in [-0.05, 0) is 30.0 Å². The number of nitrogens with zero attached hydrogens (tertiary/aromatic N) is 1. The molecule has 2 rings (SSSR count). The van der Waals surface area contributed by atoms with Crippen molar-refractivity contribution in [2.45, 2.75) is 38.0 Å². The second-order valence-corrected chi connectivity index (χ2v) is 6.52. The van der Waals surface area contributed by atoms with Gasteiger partial charge in [-0.1, -0.05) is 26.8 Å². The van der Waals surface area contributed by atoms with Crippen LogP contribution in [0.2, 0.25) is 0 Å². The lowest BCUT2D eigenvalue weighted by molar-refractivity contribution is 0.591. The van der Waals surface area contributed by atoms with Crippen molar-refractivity contribution in [3.05, 3.63) is 23.8 Å². The first-order valence-electron chi connectivity index (χ1n) is 6.42. The molecule has 19 heavy (non-hydrogen) atoms. The van der Waals surface area contributed by atoms with Gasteiger partial charge in [0.1, 0.15) is 4.90 Å². The first kappa shape index (κ1) is 13.9. The van der Waals surface area contributed by atoms with Gasteiger partial charge in [-0.2, -0.15) is 0 Å². The summed E-state index contributed by atoms with van der Waals surface area (Å²) in [7, 11) is -3.52. The molecule has 1 aliphatic rings. The molecule has 1 aromatic carbocycles. The van der Waals surface area contributed by atoms with Gasteiger partial charge in [-0.15, -0.1) is 0 Å². The summed E-state index contributed by atoms with van der Waals surface area (Å²) in [6, 6.07) is 5.45. The molecule has 1 aromatic rings. The number of benzene rings is 1. The summed E-state index contributed by atoms with van der Waals surface area (Å²) >= 11 is 0. The van der Waals surface area contributed by atoms with E-state index in [0.29, 0.717) is 18.2 Å². The molecule has 0 saturated carbocycles. The lowest BCUT2D eigenvalue weighted by Crippen LogP contribution is -2.40. The molecule has 0 fully saturated rings. The molecule has 1 aliphatic heterocycles. The summed E-state index contributed by atoms with van der Waals surface area (Å²) in [4.78, 5) is 4.46. The van der Waals surface area contributed by atoms with E-state index in [1.807, 2.05) is 26.8 Å². The van der Waals surface area contributed by atoms with Gasteiger partial charge >= 0.3 is 0 Å². The fourth-order valence-corrected chi connectivity index (χ4v) is 3.03. The van der Waals surface area contributed by atoms with Crippen LogP contribution < -0.4 is 10.0 Å². The Kier molecular flexibility index (Phi) is 3.80. The minimum atomic E-state index is -3.52. The standard InChI is InChI=1S/C13H19N3O2S/c1-4-7-14-13-15-11-6-5-10(9(2)3)8-12(11)19(17,18)16-13/h5-6,8-9H,4,7H2,1-3H3,(H2,14,15,16). The predicted octanol–water partition coefficient (Wildman–Crippen LogP) is 2.28. The number of rotatable bonds is 3. The van der Waals surface area contributed by atoms with E-state index in [1.165, 1.54) is 0 Å². The molecular weight excluding hydrogens is 262 g/mol. The molecule has 0 spiro atoms. The van der Waals surface area contributed by atoms with E-state index in [1.54, 1.807) is 12.1 Å². The molecule has 0 bridgehead atoms. The Labute approximate surface area is 114 Å². The zero-order chi connectivity index (χ0) is 14.0. The molecule has 0 saturated heterocycles. The smallest absolute Gasteiger partial charge is 0.266 e. The SMILES string of the molecule is CCCN=C1Nc2ccc(C(C)C)cc2S(=O)(=O)N1. The Balaban J connectivity index is 2.44. The molecule has 2 N–H and O–H groups in total. The van der Waals surface area contributed by atoms with Crippen molar-refractivity contribution < 1.29 is 8.42 Å². The lowest BCUT2D eigenvalue weighted by Gasteiger charge is -2.22. The van der Waals surface area contributed by atoms with E-state index >= 15 is 0 Å². The molecule has 5 nitrogen and oxygen atoms in total. The van der Waals surface area contributed by atoms with Crippen LogP contribution in [0.4, 0.5) is 5.69 Å². The lowest BCUT2D eigenvalue weighted by atomic mass is 10.0. The molecule has 0 aromatic heterocycles. The minimum Gasteiger partial charge on any atom is -0.324 e. The van der Waals surface area contributed by atoms with Gasteiger partial charge in [-0.25, -0.2) is 13.1 Å². The number of hydrogen-bond acceptors (Lipinski definition) is 3. The fraction of sp³-hybridized carbons (Fsp3) is 0.462. The highest BCUT2D eigenvalue weighted by atomic mass is 32.2. The average Bonchev–Trinajstić information content (AvgIpc) is 2.35. The van der Waals surface area contributed by atoms with Crippen LogP contribution in [0.1, 0.15) is 38.7 Å². The number of guanidine groups is 1. The summed E-state index contributed by atoms with van der Waals surface area (Å²) in [6.07, 6.45) is 0.867. The number of sulfonamides is 1. The van der Waals surface area contributed by atoms with Gasteiger partial charge in [0.05, 0.1) is 5.69 Å². The van der Waals surface area contributed by atoms with E-state index in [-0.39, 0.29) is 10.8 Å². The summed E-state index contributed by atoms with van der Waals surface area (Å²) in [5.41, 5.74) is 1.58. The second kappa shape index (κ2) is 5.21. The van der Waals surface area contributed by atoms with Crippen LogP contribution in [-0.4, -0.2) is 20.9 Å². The average molecular weight is 281 g/mol. The van der Waals surface area contributed by atoms with E-state index in [4.69, 9.17) is 0 Å². The van der Waals surface area contributed by atoms with Crippen molar-refractivity contribution >= 4 is 21.7 Å². The van der Waals surface area contributed by atoms with Gasteiger partial charge in [-0.3, -0.25) is 4.99 Å². The maximum atomic E-state index is 12.2. The van der Waals surface area contributed by atoms with Gasteiger partial charge in [0.15, 0.2) is 0 Å². The Hall–Kier alpha value is -1.56. The second-order valence-electron chi connectivity index (χ2n) is 4.87. The van der Waals surface area contributed by atoms with Crippen molar-refractivity contribution in [3.63, 3.8) is 0 Å². The monoisotopic (exact) mass is 281 g/mol. The molecule has 6 heteroatoms. The molecular formula is C13H19N3O2S. The quantitative estimate of drug-likeness (QED) is 0.893.